The Morgan fingerprint density at radius 2 is 1.92 bits per heavy atom. The van der Waals surface area contributed by atoms with E-state index in [9.17, 15) is 4.79 Å². The molecule has 1 aliphatic heterocycles. The molecule has 0 fully saturated rings. The van der Waals surface area contributed by atoms with Gasteiger partial charge in [0.15, 0.2) is 0 Å². The number of fused-ring (bicyclic) bond motifs is 1. The van der Waals surface area contributed by atoms with Gasteiger partial charge >= 0.3 is 6.09 Å². The zero-order chi connectivity index (χ0) is 17.9. The van der Waals surface area contributed by atoms with Gasteiger partial charge in [-0.3, -0.25) is 9.88 Å². The third-order valence-electron chi connectivity index (χ3n) is 4.46. The molecule has 0 saturated heterocycles. The molecular weight excluding hydrogens is 392 g/mol. The predicted octanol–water partition coefficient (Wildman–Crippen LogP) is 5.21. The van der Waals surface area contributed by atoms with Crippen molar-refractivity contribution in [2.24, 2.45) is 0 Å². The highest BCUT2D eigenvalue weighted by Gasteiger charge is 2.28. The van der Waals surface area contributed by atoms with E-state index in [-0.39, 0.29) is 12.7 Å². The molecule has 130 valence electrons. The Hall–Kier alpha value is -2.66. The molecule has 1 aromatic heterocycles. The summed E-state index contributed by atoms with van der Waals surface area (Å²) in [7, 11) is 0. The van der Waals surface area contributed by atoms with E-state index in [2.05, 4.69) is 20.9 Å². The van der Waals surface area contributed by atoms with Crippen molar-refractivity contribution in [2.75, 3.05) is 11.4 Å². The van der Waals surface area contributed by atoms with E-state index in [0.29, 0.717) is 6.54 Å². The first-order valence-electron chi connectivity index (χ1n) is 8.44. The number of carbonyl (C=O) groups excluding carboxylic acids is 1. The van der Waals surface area contributed by atoms with Gasteiger partial charge in [-0.15, -0.1) is 0 Å². The number of carbonyl (C=O) groups is 1. The van der Waals surface area contributed by atoms with E-state index >= 15 is 0 Å². The number of amides is 1. The van der Waals surface area contributed by atoms with Crippen molar-refractivity contribution in [3.8, 4) is 11.3 Å². The summed E-state index contributed by atoms with van der Waals surface area (Å²) in [5.74, 6) is 0. The van der Waals surface area contributed by atoms with Crippen LogP contribution in [0.15, 0.2) is 71.3 Å². The molecule has 5 heteroatoms. The Balaban J connectivity index is 1.55. The summed E-state index contributed by atoms with van der Waals surface area (Å²) in [6, 6.07) is 19.6. The Labute approximate surface area is 160 Å². The number of hydrogen-bond acceptors (Lipinski definition) is 3. The molecule has 0 saturated carbocycles. The summed E-state index contributed by atoms with van der Waals surface area (Å²) in [6.07, 6.45) is 2.27. The van der Waals surface area contributed by atoms with E-state index in [0.717, 1.165) is 39.0 Å². The Morgan fingerprint density at radius 1 is 1.08 bits per heavy atom. The number of aromatic nitrogens is 1. The minimum atomic E-state index is -0.312. The molecule has 0 bridgehead atoms. The zero-order valence-electron chi connectivity index (χ0n) is 14.1. The van der Waals surface area contributed by atoms with Crippen LogP contribution in [-0.2, 0) is 17.8 Å². The van der Waals surface area contributed by atoms with Crippen LogP contribution in [0.25, 0.3) is 11.3 Å². The van der Waals surface area contributed by atoms with Crippen LogP contribution in [0.4, 0.5) is 10.5 Å². The standard InChI is InChI=1S/C21H17BrN2O2/c22-16-9-10-19(23-13-16)17-7-4-8-20-18(17)11-12-24(20)21(25)26-14-15-5-2-1-3-6-15/h1-10,13H,11-12,14H2. The lowest BCUT2D eigenvalue weighted by Crippen LogP contribution is -2.29. The number of rotatable bonds is 3. The second kappa shape index (κ2) is 7.30. The molecule has 4 nitrogen and oxygen atoms in total. The molecule has 26 heavy (non-hydrogen) atoms. The fourth-order valence-electron chi connectivity index (χ4n) is 3.20. The molecule has 1 amide bonds. The van der Waals surface area contributed by atoms with Crippen LogP contribution in [0.1, 0.15) is 11.1 Å². The normalized spacial score (nSPS) is 12.7. The van der Waals surface area contributed by atoms with E-state index in [1.165, 1.54) is 0 Å². The number of hydrogen-bond donors (Lipinski definition) is 0. The quantitative estimate of drug-likeness (QED) is 0.597. The minimum Gasteiger partial charge on any atom is -0.444 e. The third-order valence-corrected chi connectivity index (χ3v) is 4.93. The minimum absolute atomic E-state index is 0.277. The lowest BCUT2D eigenvalue weighted by atomic mass is 10.0. The number of anilines is 1. The average Bonchev–Trinajstić information content (AvgIpc) is 3.12. The largest absolute Gasteiger partial charge is 0.444 e. The van der Waals surface area contributed by atoms with Crippen molar-refractivity contribution >= 4 is 27.7 Å². The molecule has 0 atom stereocenters. The van der Waals surface area contributed by atoms with Crippen molar-refractivity contribution in [1.82, 2.24) is 4.98 Å². The van der Waals surface area contributed by atoms with Crippen LogP contribution in [0.2, 0.25) is 0 Å². The predicted molar refractivity (Wildman–Crippen MR) is 105 cm³/mol. The molecule has 0 spiro atoms. The highest BCUT2D eigenvalue weighted by molar-refractivity contribution is 9.10. The van der Waals surface area contributed by atoms with E-state index in [1.54, 1.807) is 11.1 Å². The summed E-state index contributed by atoms with van der Waals surface area (Å²) in [6.45, 7) is 0.899. The molecule has 1 aliphatic rings. The smallest absolute Gasteiger partial charge is 0.414 e. The maximum atomic E-state index is 12.6. The molecule has 0 aliphatic carbocycles. The summed E-state index contributed by atoms with van der Waals surface area (Å²) in [4.78, 5) is 18.8. The van der Waals surface area contributed by atoms with Crippen molar-refractivity contribution < 1.29 is 9.53 Å². The SMILES string of the molecule is O=C(OCc1ccccc1)N1CCc2c(-c3ccc(Br)cn3)cccc21. The van der Waals surface area contributed by atoms with Crippen LogP contribution in [-0.4, -0.2) is 17.6 Å². The molecule has 3 aromatic rings. The first-order chi connectivity index (χ1) is 12.7. The van der Waals surface area contributed by atoms with Crippen molar-refractivity contribution in [1.29, 1.82) is 0 Å². The van der Waals surface area contributed by atoms with Crippen LogP contribution in [0.5, 0.6) is 0 Å². The molecule has 4 rings (SSSR count). The Kier molecular flexibility index (Phi) is 4.71. The second-order valence-corrected chi connectivity index (χ2v) is 7.02. The van der Waals surface area contributed by atoms with Gasteiger partial charge in [0.2, 0.25) is 0 Å². The average molecular weight is 409 g/mol. The van der Waals surface area contributed by atoms with Gasteiger partial charge in [-0.2, -0.15) is 0 Å². The van der Waals surface area contributed by atoms with Crippen LogP contribution in [0, 0.1) is 0 Å². The van der Waals surface area contributed by atoms with Crippen molar-refractivity contribution in [2.45, 2.75) is 13.0 Å². The topological polar surface area (TPSA) is 42.4 Å². The van der Waals surface area contributed by atoms with Gasteiger partial charge in [0, 0.05) is 22.8 Å². The molecule has 0 unspecified atom stereocenters. The number of nitrogens with zero attached hydrogens (tertiary/aromatic N) is 2. The fourth-order valence-corrected chi connectivity index (χ4v) is 3.43. The monoisotopic (exact) mass is 408 g/mol. The second-order valence-electron chi connectivity index (χ2n) is 6.11. The molecule has 2 heterocycles. The van der Waals surface area contributed by atoms with Crippen molar-refractivity contribution in [3.63, 3.8) is 0 Å². The highest BCUT2D eigenvalue weighted by Crippen LogP contribution is 2.36. The fraction of sp³-hybridized carbons (Fsp3) is 0.143. The maximum Gasteiger partial charge on any atom is 0.414 e. The summed E-state index contributed by atoms with van der Waals surface area (Å²) in [5.41, 5.74) is 5.00. The summed E-state index contributed by atoms with van der Waals surface area (Å²) < 4.78 is 6.44. The first kappa shape index (κ1) is 16.8. The molecular formula is C21H17BrN2O2. The van der Waals surface area contributed by atoms with E-state index < -0.39 is 0 Å². The van der Waals surface area contributed by atoms with Gasteiger partial charge in [0.05, 0.1) is 11.4 Å². The molecule has 0 N–H and O–H groups in total. The van der Waals surface area contributed by atoms with Crippen LogP contribution >= 0.6 is 15.9 Å². The van der Waals surface area contributed by atoms with Gasteiger partial charge in [-0.05, 0) is 51.7 Å². The summed E-state index contributed by atoms with van der Waals surface area (Å²) in [5, 5.41) is 0. The van der Waals surface area contributed by atoms with Gasteiger partial charge in [-0.1, -0.05) is 42.5 Å². The van der Waals surface area contributed by atoms with Crippen molar-refractivity contribution in [3.05, 3.63) is 82.5 Å². The molecule has 0 radical (unpaired) electrons. The van der Waals surface area contributed by atoms with E-state index in [4.69, 9.17) is 4.74 Å². The van der Waals surface area contributed by atoms with Crippen LogP contribution < -0.4 is 4.90 Å². The molecule has 2 aromatic carbocycles. The Bertz CT molecular complexity index is 927. The van der Waals surface area contributed by atoms with Gasteiger partial charge in [0.25, 0.3) is 0 Å². The number of pyridine rings is 1. The maximum absolute atomic E-state index is 12.6. The zero-order valence-corrected chi connectivity index (χ0v) is 15.6. The van der Waals surface area contributed by atoms with Gasteiger partial charge < -0.3 is 4.74 Å². The number of benzene rings is 2. The van der Waals surface area contributed by atoms with Gasteiger partial charge in [0.1, 0.15) is 6.61 Å². The lowest BCUT2D eigenvalue weighted by Gasteiger charge is -2.17. The highest BCUT2D eigenvalue weighted by atomic mass is 79.9. The lowest BCUT2D eigenvalue weighted by molar-refractivity contribution is 0.147. The Morgan fingerprint density at radius 3 is 2.69 bits per heavy atom. The van der Waals surface area contributed by atoms with Crippen LogP contribution in [0.3, 0.4) is 0 Å². The first-order valence-corrected chi connectivity index (χ1v) is 9.24. The number of ether oxygens (including phenoxy) is 1. The van der Waals surface area contributed by atoms with E-state index in [1.807, 2.05) is 60.7 Å². The van der Waals surface area contributed by atoms with Gasteiger partial charge in [-0.25, -0.2) is 4.79 Å². The summed E-state index contributed by atoms with van der Waals surface area (Å²) >= 11 is 3.41. The third kappa shape index (κ3) is 3.35. The number of halogens is 1.